The van der Waals surface area contributed by atoms with Gasteiger partial charge >= 0.3 is 5.69 Å². The second-order valence-electron chi connectivity index (χ2n) is 8.44. The molecule has 2 atom stereocenters. The molecule has 1 N–H and O–H groups in total. The molecule has 9 nitrogen and oxygen atoms in total. The SMILES string of the molecule is O=c1[nH]c(=O)n(-c2cccnc2)c2c1ncn2C1CC2CCC(C1)N2Cc1ccoc1. The lowest BCUT2D eigenvalue weighted by molar-refractivity contribution is 0.100. The van der Waals surface area contributed by atoms with Crippen LogP contribution in [0.15, 0.2) is 63.5 Å². The van der Waals surface area contributed by atoms with E-state index < -0.39 is 11.2 Å². The van der Waals surface area contributed by atoms with E-state index in [1.165, 1.54) is 10.1 Å². The summed E-state index contributed by atoms with van der Waals surface area (Å²) in [5.74, 6) is 0. The monoisotopic (exact) mass is 418 g/mol. The van der Waals surface area contributed by atoms with Gasteiger partial charge in [-0.15, -0.1) is 0 Å². The lowest BCUT2D eigenvalue weighted by Gasteiger charge is -2.39. The van der Waals surface area contributed by atoms with Gasteiger partial charge in [-0.25, -0.2) is 14.3 Å². The van der Waals surface area contributed by atoms with E-state index in [2.05, 4.69) is 19.9 Å². The Labute approximate surface area is 177 Å². The first kappa shape index (κ1) is 18.3. The molecule has 2 saturated heterocycles. The Morgan fingerprint density at radius 3 is 2.68 bits per heavy atom. The Morgan fingerprint density at radius 1 is 1.13 bits per heavy atom. The largest absolute Gasteiger partial charge is 0.472 e. The third-order valence-corrected chi connectivity index (χ3v) is 6.72. The van der Waals surface area contributed by atoms with Gasteiger partial charge in [-0.3, -0.25) is 19.7 Å². The van der Waals surface area contributed by atoms with Crippen molar-refractivity contribution in [1.82, 2.24) is 29.0 Å². The van der Waals surface area contributed by atoms with E-state index in [1.54, 1.807) is 37.1 Å². The van der Waals surface area contributed by atoms with Gasteiger partial charge in [0.2, 0.25) is 0 Å². The molecule has 6 rings (SSSR count). The van der Waals surface area contributed by atoms with Crippen molar-refractivity contribution in [2.45, 2.75) is 50.4 Å². The summed E-state index contributed by atoms with van der Waals surface area (Å²) in [5.41, 5.74) is 1.68. The summed E-state index contributed by atoms with van der Waals surface area (Å²) in [6.07, 6.45) is 12.7. The molecule has 2 bridgehead atoms. The van der Waals surface area contributed by atoms with E-state index in [4.69, 9.17) is 4.42 Å². The van der Waals surface area contributed by atoms with Gasteiger partial charge < -0.3 is 8.98 Å². The molecule has 9 heteroatoms. The second kappa shape index (κ2) is 7.05. The number of hydrogen-bond donors (Lipinski definition) is 1. The Kier molecular flexibility index (Phi) is 4.17. The van der Waals surface area contributed by atoms with Crippen LogP contribution in [0.1, 0.15) is 37.3 Å². The molecule has 0 spiro atoms. The third kappa shape index (κ3) is 2.96. The molecule has 2 fully saturated rings. The molecule has 4 aromatic rings. The number of aromatic nitrogens is 5. The van der Waals surface area contributed by atoms with E-state index in [0.717, 1.165) is 32.2 Å². The average Bonchev–Trinajstić information content (AvgIpc) is 3.49. The zero-order valence-corrected chi connectivity index (χ0v) is 16.8. The van der Waals surface area contributed by atoms with Gasteiger partial charge in [0.15, 0.2) is 11.2 Å². The molecule has 6 heterocycles. The summed E-state index contributed by atoms with van der Waals surface area (Å²) < 4.78 is 8.78. The number of aromatic amines is 1. The van der Waals surface area contributed by atoms with E-state index in [1.807, 2.05) is 16.9 Å². The van der Waals surface area contributed by atoms with Crippen LogP contribution in [0.25, 0.3) is 16.9 Å². The lowest BCUT2D eigenvalue weighted by atomic mass is 9.96. The van der Waals surface area contributed by atoms with Crippen LogP contribution in [0, 0.1) is 0 Å². The van der Waals surface area contributed by atoms with Crippen molar-refractivity contribution in [3.8, 4) is 5.69 Å². The van der Waals surface area contributed by atoms with Gasteiger partial charge in [0, 0.05) is 36.4 Å². The summed E-state index contributed by atoms with van der Waals surface area (Å²) in [4.78, 5) is 38.7. The van der Waals surface area contributed by atoms with E-state index in [0.29, 0.717) is 23.4 Å². The van der Waals surface area contributed by atoms with Crippen molar-refractivity contribution in [2.75, 3.05) is 0 Å². The number of hydrogen-bond acceptors (Lipinski definition) is 6. The van der Waals surface area contributed by atoms with E-state index in [-0.39, 0.29) is 11.6 Å². The number of nitrogens with zero attached hydrogens (tertiary/aromatic N) is 5. The van der Waals surface area contributed by atoms with Gasteiger partial charge in [0.05, 0.1) is 30.7 Å². The van der Waals surface area contributed by atoms with Gasteiger partial charge in [-0.1, -0.05) is 0 Å². The normalized spacial score (nSPS) is 23.5. The van der Waals surface area contributed by atoms with Gasteiger partial charge in [0.25, 0.3) is 5.56 Å². The van der Waals surface area contributed by atoms with Gasteiger partial charge in [-0.05, 0) is 43.9 Å². The molecule has 0 radical (unpaired) electrons. The summed E-state index contributed by atoms with van der Waals surface area (Å²) in [6.45, 7) is 0.892. The maximum atomic E-state index is 12.8. The lowest BCUT2D eigenvalue weighted by Crippen LogP contribution is -2.43. The highest BCUT2D eigenvalue weighted by atomic mass is 16.3. The molecule has 158 valence electrons. The topological polar surface area (TPSA) is 102 Å². The standard InChI is InChI=1S/C22H22N6O3/c29-20-19-21(28(22(30)25-20)17-2-1-6-23-10-17)27(13-24-19)18-8-15-3-4-16(9-18)26(15)11-14-5-7-31-12-14/h1-2,5-7,10,12-13,15-16,18H,3-4,8-9,11H2,(H,25,29,30). The van der Waals surface area contributed by atoms with Crippen LogP contribution in [0.2, 0.25) is 0 Å². The molecule has 0 aliphatic carbocycles. The molecule has 0 amide bonds. The van der Waals surface area contributed by atoms with Crippen molar-refractivity contribution in [3.63, 3.8) is 0 Å². The minimum atomic E-state index is -0.479. The molecule has 0 saturated carbocycles. The predicted molar refractivity (Wildman–Crippen MR) is 113 cm³/mol. The minimum absolute atomic E-state index is 0.173. The number of pyridine rings is 1. The predicted octanol–water partition coefficient (Wildman–Crippen LogP) is 2.23. The molecular formula is C22H22N6O3. The van der Waals surface area contributed by atoms with E-state index in [9.17, 15) is 9.59 Å². The fourth-order valence-corrected chi connectivity index (χ4v) is 5.36. The summed E-state index contributed by atoms with van der Waals surface area (Å²) in [7, 11) is 0. The minimum Gasteiger partial charge on any atom is -0.472 e. The first-order valence-electron chi connectivity index (χ1n) is 10.6. The molecule has 2 aliphatic rings. The van der Waals surface area contributed by atoms with Crippen molar-refractivity contribution >= 4 is 11.2 Å². The third-order valence-electron chi connectivity index (χ3n) is 6.72. The summed E-state index contributed by atoms with van der Waals surface area (Å²) >= 11 is 0. The quantitative estimate of drug-likeness (QED) is 0.545. The van der Waals surface area contributed by atoms with Gasteiger partial charge in [0.1, 0.15) is 0 Å². The highest BCUT2D eigenvalue weighted by Gasteiger charge is 2.41. The maximum absolute atomic E-state index is 12.8. The van der Waals surface area contributed by atoms with Crippen LogP contribution in [-0.2, 0) is 6.54 Å². The Bertz CT molecular complexity index is 1320. The van der Waals surface area contributed by atoms with Crippen molar-refractivity contribution in [1.29, 1.82) is 0 Å². The fourth-order valence-electron chi connectivity index (χ4n) is 5.36. The second-order valence-corrected chi connectivity index (χ2v) is 8.44. The fraction of sp³-hybridized carbons (Fsp3) is 0.364. The highest BCUT2D eigenvalue weighted by molar-refractivity contribution is 5.72. The Morgan fingerprint density at radius 2 is 1.97 bits per heavy atom. The highest BCUT2D eigenvalue weighted by Crippen LogP contribution is 2.42. The average molecular weight is 418 g/mol. The zero-order valence-electron chi connectivity index (χ0n) is 16.8. The Balaban J connectivity index is 1.41. The van der Waals surface area contributed by atoms with E-state index >= 15 is 0 Å². The van der Waals surface area contributed by atoms with Crippen LogP contribution in [-0.4, -0.2) is 41.1 Å². The number of nitrogens with one attached hydrogen (secondary N) is 1. The molecule has 31 heavy (non-hydrogen) atoms. The van der Waals surface area contributed by atoms with Crippen LogP contribution >= 0.6 is 0 Å². The number of rotatable bonds is 4. The van der Waals surface area contributed by atoms with Crippen LogP contribution in [0.5, 0.6) is 0 Å². The molecule has 0 aromatic carbocycles. The Hall–Kier alpha value is -3.46. The first-order valence-corrected chi connectivity index (χ1v) is 10.6. The maximum Gasteiger partial charge on any atom is 0.334 e. The molecular weight excluding hydrogens is 396 g/mol. The number of fused-ring (bicyclic) bond motifs is 3. The first-order chi connectivity index (χ1) is 15.2. The zero-order chi connectivity index (χ0) is 20.9. The molecule has 4 aromatic heterocycles. The number of H-pyrrole nitrogens is 1. The van der Waals surface area contributed by atoms with Crippen molar-refractivity contribution < 1.29 is 4.42 Å². The van der Waals surface area contributed by atoms with Crippen LogP contribution in [0.3, 0.4) is 0 Å². The van der Waals surface area contributed by atoms with Crippen molar-refractivity contribution in [3.05, 3.63) is 75.8 Å². The number of imidazole rings is 1. The van der Waals surface area contributed by atoms with Gasteiger partial charge in [-0.2, -0.15) is 0 Å². The smallest absolute Gasteiger partial charge is 0.334 e. The summed E-state index contributed by atoms with van der Waals surface area (Å²) in [6, 6.07) is 6.68. The van der Waals surface area contributed by atoms with Crippen molar-refractivity contribution in [2.24, 2.45) is 0 Å². The number of furan rings is 1. The molecule has 2 aliphatic heterocycles. The molecule has 2 unspecified atom stereocenters. The summed E-state index contributed by atoms with van der Waals surface area (Å²) in [5, 5.41) is 0. The number of piperidine rings is 1. The van der Waals surface area contributed by atoms with Crippen LogP contribution in [0.4, 0.5) is 0 Å². The van der Waals surface area contributed by atoms with Crippen LogP contribution < -0.4 is 11.2 Å².